The van der Waals surface area contributed by atoms with Crippen LogP contribution in [-0.4, -0.2) is 9.55 Å². The van der Waals surface area contributed by atoms with Crippen LogP contribution < -0.4 is 5.43 Å². The third kappa shape index (κ3) is 1.86. The highest BCUT2D eigenvalue weighted by Crippen LogP contribution is 2.19. The number of aryl methyl sites for hydroxylation is 2. The summed E-state index contributed by atoms with van der Waals surface area (Å²) < 4.78 is 1.86. The van der Waals surface area contributed by atoms with Gasteiger partial charge in [0.05, 0.1) is 5.02 Å². The molecule has 0 saturated carbocycles. The van der Waals surface area contributed by atoms with E-state index in [1.165, 1.54) is 0 Å². The summed E-state index contributed by atoms with van der Waals surface area (Å²) in [5.41, 5.74) is 1.65. The van der Waals surface area contributed by atoms with Crippen LogP contribution >= 0.6 is 11.6 Å². The second-order valence-corrected chi connectivity index (χ2v) is 4.03. The van der Waals surface area contributed by atoms with Crippen molar-refractivity contribution < 1.29 is 0 Å². The molecular weight excluding hydrogens is 224 g/mol. The highest BCUT2D eigenvalue weighted by atomic mass is 35.5. The van der Waals surface area contributed by atoms with E-state index in [1.807, 2.05) is 18.4 Å². The smallest absolute Gasteiger partial charge is 0.182 e. The van der Waals surface area contributed by atoms with Crippen molar-refractivity contribution in [2.24, 2.45) is 0 Å². The number of hydrogen-bond acceptors (Lipinski definition) is 2. The lowest BCUT2D eigenvalue weighted by Crippen LogP contribution is -2.12. The van der Waals surface area contributed by atoms with Gasteiger partial charge in [-0.15, -0.1) is 0 Å². The average Bonchev–Trinajstić information content (AvgIpc) is 2.19. The zero-order valence-electron chi connectivity index (χ0n) is 9.07. The Balaban J connectivity index is 2.75. The van der Waals surface area contributed by atoms with Crippen molar-refractivity contribution in [1.29, 1.82) is 0 Å². The van der Waals surface area contributed by atoms with Crippen LogP contribution in [0.25, 0.3) is 5.82 Å². The van der Waals surface area contributed by atoms with Gasteiger partial charge in [0, 0.05) is 29.7 Å². The Kier molecular flexibility index (Phi) is 2.79. The van der Waals surface area contributed by atoms with Gasteiger partial charge in [-0.2, -0.15) is 0 Å². The first-order chi connectivity index (χ1) is 7.59. The number of nitrogens with zero attached hydrogens (tertiary/aromatic N) is 2. The van der Waals surface area contributed by atoms with Crippen LogP contribution in [0.3, 0.4) is 0 Å². The van der Waals surface area contributed by atoms with Crippen molar-refractivity contribution >= 4 is 11.6 Å². The highest BCUT2D eigenvalue weighted by Gasteiger charge is 2.08. The van der Waals surface area contributed by atoms with E-state index in [0.29, 0.717) is 10.8 Å². The summed E-state index contributed by atoms with van der Waals surface area (Å²) in [7, 11) is 0. The maximum atomic E-state index is 11.3. The molecule has 0 aliphatic rings. The molecule has 2 rings (SSSR count). The number of aromatic nitrogens is 2. The summed E-state index contributed by atoms with van der Waals surface area (Å²) in [4.78, 5) is 15.5. The molecule has 4 heteroatoms. The van der Waals surface area contributed by atoms with Crippen LogP contribution in [-0.2, 0) is 0 Å². The number of rotatable bonds is 1. The van der Waals surface area contributed by atoms with Crippen molar-refractivity contribution in [1.82, 2.24) is 9.55 Å². The van der Waals surface area contributed by atoms with E-state index in [9.17, 15) is 4.79 Å². The molecule has 0 bridgehead atoms. The van der Waals surface area contributed by atoms with Gasteiger partial charge in [-0.3, -0.25) is 4.79 Å². The second kappa shape index (κ2) is 4.10. The summed E-state index contributed by atoms with van der Waals surface area (Å²) in [6.07, 6.45) is 1.68. The van der Waals surface area contributed by atoms with Gasteiger partial charge in [0.15, 0.2) is 11.2 Å². The summed E-state index contributed by atoms with van der Waals surface area (Å²) in [5, 5.41) is 0.567. The van der Waals surface area contributed by atoms with Gasteiger partial charge in [0.2, 0.25) is 0 Å². The van der Waals surface area contributed by atoms with E-state index in [4.69, 9.17) is 11.6 Å². The molecule has 16 heavy (non-hydrogen) atoms. The van der Waals surface area contributed by atoms with Gasteiger partial charge in [0.25, 0.3) is 0 Å². The van der Waals surface area contributed by atoms with Crippen LogP contribution in [0.4, 0.5) is 0 Å². The molecule has 2 aromatic heterocycles. The molecular formula is C12H11ClN2O. The summed E-state index contributed by atoms with van der Waals surface area (Å²) in [5.74, 6) is 0.652. The number of hydrogen-bond donors (Lipinski definition) is 0. The standard InChI is InChI=1S/C12H11ClN2O/c1-8-6-10(16)7-9(2)15(8)12-11(13)4-3-5-14-12/h3-7H,1-2H3. The SMILES string of the molecule is Cc1cc(=O)cc(C)n1-c1ncccc1Cl. The maximum absolute atomic E-state index is 11.3. The quantitative estimate of drug-likeness (QED) is 0.760. The Hall–Kier alpha value is -1.61. The molecule has 0 radical (unpaired) electrons. The first-order valence-electron chi connectivity index (χ1n) is 4.91. The van der Waals surface area contributed by atoms with Crippen molar-refractivity contribution in [3.63, 3.8) is 0 Å². The fourth-order valence-corrected chi connectivity index (χ4v) is 1.94. The lowest BCUT2D eigenvalue weighted by Gasteiger charge is -2.13. The predicted octanol–water partition coefficient (Wildman–Crippen LogP) is 2.50. The molecule has 0 amide bonds. The number of halogens is 1. The van der Waals surface area contributed by atoms with Crippen molar-refractivity contribution in [3.05, 3.63) is 57.1 Å². The van der Waals surface area contributed by atoms with E-state index in [1.54, 1.807) is 30.5 Å². The van der Waals surface area contributed by atoms with Crippen LogP contribution in [0.5, 0.6) is 0 Å². The number of pyridine rings is 2. The summed E-state index contributed by atoms with van der Waals surface area (Å²) >= 11 is 6.08. The molecule has 2 aromatic rings. The minimum Gasteiger partial charge on any atom is -0.302 e. The summed E-state index contributed by atoms with van der Waals surface area (Å²) in [6, 6.07) is 6.69. The predicted molar refractivity (Wildman–Crippen MR) is 64.3 cm³/mol. The van der Waals surface area contributed by atoms with Gasteiger partial charge in [-0.05, 0) is 26.0 Å². The van der Waals surface area contributed by atoms with Crippen molar-refractivity contribution in [3.8, 4) is 5.82 Å². The van der Waals surface area contributed by atoms with Gasteiger partial charge in [-0.25, -0.2) is 4.98 Å². The lowest BCUT2D eigenvalue weighted by molar-refractivity contribution is 0.887. The van der Waals surface area contributed by atoms with Crippen LogP contribution in [0.1, 0.15) is 11.4 Å². The first kappa shape index (κ1) is 10.9. The fraction of sp³-hybridized carbons (Fsp3) is 0.167. The maximum Gasteiger partial charge on any atom is 0.182 e. The Morgan fingerprint density at radius 2 is 1.88 bits per heavy atom. The fourth-order valence-electron chi connectivity index (χ4n) is 1.74. The van der Waals surface area contributed by atoms with Gasteiger partial charge < -0.3 is 4.57 Å². The molecule has 0 saturated heterocycles. The molecule has 82 valence electrons. The Labute approximate surface area is 98.3 Å². The monoisotopic (exact) mass is 234 g/mol. The topological polar surface area (TPSA) is 34.9 Å². The van der Waals surface area contributed by atoms with Gasteiger partial charge in [-0.1, -0.05) is 11.6 Å². The average molecular weight is 235 g/mol. The zero-order chi connectivity index (χ0) is 11.7. The molecule has 0 fully saturated rings. The van der Waals surface area contributed by atoms with Gasteiger partial charge >= 0.3 is 0 Å². The third-order valence-electron chi connectivity index (χ3n) is 2.36. The Bertz CT molecular complexity index is 564. The Morgan fingerprint density at radius 1 is 1.25 bits per heavy atom. The lowest BCUT2D eigenvalue weighted by atomic mass is 10.3. The zero-order valence-corrected chi connectivity index (χ0v) is 9.82. The molecule has 3 nitrogen and oxygen atoms in total. The minimum absolute atomic E-state index is 0.00157. The van der Waals surface area contributed by atoms with Gasteiger partial charge in [0.1, 0.15) is 0 Å². The van der Waals surface area contributed by atoms with E-state index >= 15 is 0 Å². The first-order valence-corrected chi connectivity index (χ1v) is 5.28. The minimum atomic E-state index is -0.00157. The largest absolute Gasteiger partial charge is 0.302 e. The van der Waals surface area contributed by atoms with E-state index in [0.717, 1.165) is 11.4 Å². The summed E-state index contributed by atoms with van der Waals surface area (Å²) in [6.45, 7) is 3.72. The normalized spacial score (nSPS) is 10.4. The molecule has 0 aliphatic heterocycles. The van der Waals surface area contributed by atoms with E-state index < -0.39 is 0 Å². The van der Waals surface area contributed by atoms with Crippen molar-refractivity contribution in [2.45, 2.75) is 13.8 Å². The van der Waals surface area contributed by atoms with Crippen LogP contribution in [0.15, 0.2) is 35.3 Å². The van der Waals surface area contributed by atoms with Crippen molar-refractivity contribution in [2.75, 3.05) is 0 Å². The van der Waals surface area contributed by atoms with Crippen LogP contribution in [0, 0.1) is 13.8 Å². The third-order valence-corrected chi connectivity index (χ3v) is 2.65. The molecule has 0 N–H and O–H groups in total. The molecule has 0 unspecified atom stereocenters. The molecule has 0 aliphatic carbocycles. The molecule has 0 aromatic carbocycles. The van der Waals surface area contributed by atoms with E-state index in [2.05, 4.69) is 4.98 Å². The second-order valence-electron chi connectivity index (χ2n) is 3.62. The molecule has 0 atom stereocenters. The molecule has 0 spiro atoms. The molecule has 2 heterocycles. The van der Waals surface area contributed by atoms with Crippen LogP contribution in [0.2, 0.25) is 5.02 Å². The highest BCUT2D eigenvalue weighted by molar-refractivity contribution is 6.32. The van der Waals surface area contributed by atoms with E-state index in [-0.39, 0.29) is 5.43 Å². The Morgan fingerprint density at radius 3 is 2.44 bits per heavy atom.